The molecule has 0 bridgehead atoms. The predicted octanol–water partition coefficient (Wildman–Crippen LogP) is 2.70. The lowest BCUT2D eigenvalue weighted by molar-refractivity contribution is -0.136. The Kier molecular flexibility index (Phi) is 3.56. The Morgan fingerprint density at radius 1 is 1.55 bits per heavy atom. The van der Waals surface area contributed by atoms with Crippen LogP contribution in [0.1, 0.15) is 30.2 Å². The Balaban J connectivity index is 1.94. The second-order valence-corrected chi connectivity index (χ2v) is 6.41. The van der Waals surface area contributed by atoms with Gasteiger partial charge >= 0.3 is 5.97 Å². The average Bonchev–Trinajstić information content (AvgIpc) is 2.76. The third-order valence-electron chi connectivity index (χ3n) is 3.72. The van der Waals surface area contributed by atoms with Crippen molar-refractivity contribution in [2.24, 2.45) is 5.92 Å². The van der Waals surface area contributed by atoms with Crippen LogP contribution in [0.25, 0.3) is 10.2 Å². The molecule has 0 saturated heterocycles. The number of anilines is 1. The summed E-state index contributed by atoms with van der Waals surface area (Å²) in [6.45, 7) is 2.67. The molecule has 0 spiro atoms. The smallest absolute Gasteiger partial charge is 0.305 e. The van der Waals surface area contributed by atoms with Crippen molar-refractivity contribution < 1.29 is 9.90 Å². The number of nitrogens with zero attached hydrogens (tertiary/aromatic N) is 2. The number of carboxylic acids is 1. The molecule has 20 heavy (non-hydrogen) atoms. The summed E-state index contributed by atoms with van der Waals surface area (Å²) < 4.78 is 0. The molecule has 0 aliphatic heterocycles. The van der Waals surface area contributed by atoms with Gasteiger partial charge in [-0.25, -0.2) is 9.97 Å². The van der Waals surface area contributed by atoms with Crippen LogP contribution in [0, 0.1) is 5.92 Å². The van der Waals surface area contributed by atoms with Crippen LogP contribution in [-0.4, -0.2) is 27.6 Å². The molecule has 0 unspecified atom stereocenters. The van der Waals surface area contributed by atoms with Gasteiger partial charge in [0.25, 0.3) is 0 Å². The lowest BCUT2D eigenvalue weighted by Gasteiger charge is -2.18. The average molecular weight is 291 g/mol. The van der Waals surface area contributed by atoms with E-state index in [9.17, 15) is 4.79 Å². The largest absolute Gasteiger partial charge is 0.481 e. The molecule has 2 heterocycles. The van der Waals surface area contributed by atoms with Crippen LogP contribution in [0.15, 0.2) is 6.33 Å². The van der Waals surface area contributed by atoms with Crippen molar-refractivity contribution in [3.8, 4) is 0 Å². The first-order valence-electron chi connectivity index (χ1n) is 6.86. The van der Waals surface area contributed by atoms with Gasteiger partial charge in [0.2, 0.25) is 0 Å². The number of carbonyl (C=O) groups is 1. The van der Waals surface area contributed by atoms with Gasteiger partial charge < -0.3 is 10.4 Å². The maximum Gasteiger partial charge on any atom is 0.305 e. The second-order valence-electron chi connectivity index (χ2n) is 5.32. The minimum Gasteiger partial charge on any atom is -0.481 e. The summed E-state index contributed by atoms with van der Waals surface area (Å²) in [6.07, 6.45) is 5.02. The highest BCUT2D eigenvalue weighted by molar-refractivity contribution is 7.19. The lowest BCUT2D eigenvalue weighted by Crippen LogP contribution is -2.11. The van der Waals surface area contributed by atoms with Gasteiger partial charge in [0.15, 0.2) is 0 Å². The van der Waals surface area contributed by atoms with Crippen LogP contribution < -0.4 is 5.32 Å². The third kappa shape index (κ3) is 2.47. The van der Waals surface area contributed by atoms with E-state index >= 15 is 0 Å². The third-order valence-corrected chi connectivity index (χ3v) is 4.89. The molecule has 2 N–H and O–H groups in total. The Hall–Kier alpha value is -1.69. The highest BCUT2D eigenvalue weighted by Crippen LogP contribution is 2.39. The summed E-state index contributed by atoms with van der Waals surface area (Å²) in [5.74, 6) is 0.708. The summed E-state index contributed by atoms with van der Waals surface area (Å²) in [5, 5.41) is 13.0. The van der Waals surface area contributed by atoms with Crippen molar-refractivity contribution in [2.75, 3.05) is 11.9 Å². The first-order chi connectivity index (χ1) is 9.65. The number of aromatic nitrogens is 2. The zero-order chi connectivity index (χ0) is 14.1. The fourth-order valence-corrected chi connectivity index (χ4v) is 4.05. The van der Waals surface area contributed by atoms with Gasteiger partial charge in [0.05, 0.1) is 11.8 Å². The highest BCUT2D eigenvalue weighted by atomic mass is 32.1. The maximum absolute atomic E-state index is 10.6. The standard InChI is InChI=1S/C14H17N3O2S/c1-8-2-3-9-10(6-8)20-14-12(9)13(16-7-17-14)15-5-4-11(18)19/h7-8H,2-6H2,1H3,(H,18,19)(H,15,16,17)/t8-/m1/s1. The quantitative estimate of drug-likeness (QED) is 0.906. The van der Waals surface area contributed by atoms with Gasteiger partial charge in [-0.2, -0.15) is 0 Å². The number of fused-ring (bicyclic) bond motifs is 3. The molecule has 6 heteroatoms. The van der Waals surface area contributed by atoms with Crippen molar-refractivity contribution in [1.82, 2.24) is 9.97 Å². The van der Waals surface area contributed by atoms with Crippen molar-refractivity contribution in [1.29, 1.82) is 0 Å². The van der Waals surface area contributed by atoms with E-state index in [1.165, 1.54) is 16.9 Å². The Morgan fingerprint density at radius 3 is 3.20 bits per heavy atom. The van der Waals surface area contributed by atoms with Gasteiger partial charge in [-0.05, 0) is 30.7 Å². The van der Waals surface area contributed by atoms with Crippen molar-refractivity contribution in [3.63, 3.8) is 0 Å². The molecule has 0 saturated carbocycles. The zero-order valence-electron chi connectivity index (χ0n) is 11.3. The van der Waals surface area contributed by atoms with E-state index in [-0.39, 0.29) is 6.42 Å². The van der Waals surface area contributed by atoms with Crippen LogP contribution >= 0.6 is 11.3 Å². The minimum atomic E-state index is -0.802. The van der Waals surface area contributed by atoms with Crippen LogP contribution in [0.3, 0.4) is 0 Å². The summed E-state index contributed by atoms with van der Waals surface area (Å²) in [6, 6.07) is 0. The topological polar surface area (TPSA) is 75.1 Å². The SMILES string of the molecule is C[C@@H]1CCc2c(sc3ncnc(NCCC(=O)O)c23)C1. The summed E-state index contributed by atoms with van der Waals surface area (Å²) in [7, 11) is 0. The Morgan fingerprint density at radius 2 is 2.40 bits per heavy atom. The molecular weight excluding hydrogens is 274 g/mol. The number of thiophene rings is 1. The number of aliphatic carboxylic acids is 1. The number of carboxylic acid groups (broad SMARTS) is 1. The number of nitrogens with one attached hydrogen (secondary N) is 1. The number of hydrogen-bond donors (Lipinski definition) is 2. The fraction of sp³-hybridized carbons (Fsp3) is 0.500. The maximum atomic E-state index is 10.6. The molecule has 1 aliphatic carbocycles. The van der Waals surface area contributed by atoms with Gasteiger partial charge in [-0.3, -0.25) is 4.79 Å². The van der Waals surface area contributed by atoms with Crippen molar-refractivity contribution in [3.05, 3.63) is 16.8 Å². The molecule has 106 valence electrons. The summed E-state index contributed by atoms with van der Waals surface area (Å²) in [5.41, 5.74) is 1.36. The molecule has 5 nitrogen and oxygen atoms in total. The monoisotopic (exact) mass is 291 g/mol. The molecule has 3 rings (SSSR count). The Bertz CT molecular complexity index is 653. The van der Waals surface area contributed by atoms with Gasteiger partial charge in [0.1, 0.15) is 17.0 Å². The minimum absolute atomic E-state index is 0.0921. The zero-order valence-corrected chi connectivity index (χ0v) is 12.2. The molecule has 0 amide bonds. The van der Waals surface area contributed by atoms with E-state index in [1.54, 1.807) is 17.7 Å². The van der Waals surface area contributed by atoms with Crippen LogP contribution in [-0.2, 0) is 17.6 Å². The number of aryl methyl sites for hydroxylation is 1. The van der Waals surface area contributed by atoms with Crippen molar-refractivity contribution >= 4 is 33.3 Å². The normalized spacial score (nSPS) is 17.9. The molecule has 1 atom stereocenters. The van der Waals surface area contributed by atoms with Gasteiger partial charge in [-0.15, -0.1) is 11.3 Å². The van der Waals surface area contributed by atoms with E-state index < -0.39 is 5.97 Å². The first kappa shape index (κ1) is 13.3. The summed E-state index contributed by atoms with van der Waals surface area (Å²) in [4.78, 5) is 21.7. The molecule has 2 aromatic heterocycles. The molecule has 2 aromatic rings. The van der Waals surface area contributed by atoms with Gasteiger partial charge in [-0.1, -0.05) is 6.92 Å². The predicted molar refractivity (Wildman–Crippen MR) is 79.3 cm³/mol. The van der Waals surface area contributed by atoms with E-state index in [2.05, 4.69) is 22.2 Å². The highest BCUT2D eigenvalue weighted by Gasteiger charge is 2.22. The van der Waals surface area contributed by atoms with Gasteiger partial charge in [0, 0.05) is 11.4 Å². The molecule has 0 fully saturated rings. The molecule has 0 radical (unpaired) electrons. The lowest BCUT2D eigenvalue weighted by atomic mass is 9.89. The van der Waals surface area contributed by atoms with E-state index in [0.29, 0.717) is 6.54 Å². The molecule has 0 aromatic carbocycles. The van der Waals surface area contributed by atoms with E-state index in [0.717, 1.165) is 34.8 Å². The van der Waals surface area contributed by atoms with Crippen LogP contribution in [0.4, 0.5) is 5.82 Å². The van der Waals surface area contributed by atoms with Crippen LogP contribution in [0.2, 0.25) is 0 Å². The van der Waals surface area contributed by atoms with E-state index in [1.807, 2.05) is 0 Å². The first-order valence-corrected chi connectivity index (χ1v) is 7.67. The van der Waals surface area contributed by atoms with Crippen molar-refractivity contribution in [2.45, 2.75) is 32.6 Å². The van der Waals surface area contributed by atoms with Crippen LogP contribution in [0.5, 0.6) is 0 Å². The Labute approximate surface area is 121 Å². The van der Waals surface area contributed by atoms with E-state index in [4.69, 9.17) is 5.11 Å². The summed E-state index contributed by atoms with van der Waals surface area (Å²) >= 11 is 1.75. The second kappa shape index (κ2) is 5.36. The number of hydrogen-bond acceptors (Lipinski definition) is 5. The number of rotatable bonds is 4. The fourth-order valence-electron chi connectivity index (χ4n) is 2.70. The molecule has 1 aliphatic rings. The molecular formula is C14H17N3O2S.